The van der Waals surface area contributed by atoms with E-state index in [0.29, 0.717) is 29.9 Å². The van der Waals surface area contributed by atoms with Gasteiger partial charge in [-0.1, -0.05) is 36.4 Å². The fourth-order valence-electron chi connectivity index (χ4n) is 3.96. The van der Waals surface area contributed by atoms with Gasteiger partial charge in [0.1, 0.15) is 6.61 Å². The summed E-state index contributed by atoms with van der Waals surface area (Å²) < 4.78 is 6.97. The Bertz CT molecular complexity index is 1270. The van der Waals surface area contributed by atoms with Gasteiger partial charge in [-0.2, -0.15) is 0 Å². The molecule has 2 amide bonds. The van der Waals surface area contributed by atoms with Crippen molar-refractivity contribution in [2.75, 3.05) is 25.6 Å². The van der Waals surface area contributed by atoms with Crippen LogP contribution in [0.1, 0.15) is 27.9 Å². The molecule has 4 rings (SSSR count). The molecule has 2 aromatic carbocycles. The fraction of sp³-hybridized carbons (Fsp3) is 0.259. The van der Waals surface area contributed by atoms with Crippen LogP contribution in [0.25, 0.3) is 11.0 Å². The molecular formula is C27H29N5O3. The van der Waals surface area contributed by atoms with Crippen LogP contribution >= 0.6 is 0 Å². The van der Waals surface area contributed by atoms with E-state index in [2.05, 4.69) is 32.7 Å². The number of aromatic nitrogens is 3. The molecule has 0 aliphatic rings. The molecular weight excluding hydrogens is 442 g/mol. The van der Waals surface area contributed by atoms with E-state index in [1.54, 1.807) is 24.7 Å². The van der Waals surface area contributed by atoms with Crippen molar-refractivity contribution in [2.24, 2.45) is 0 Å². The van der Waals surface area contributed by atoms with Gasteiger partial charge in [0.15, 0.2) is 0 Å². The van der Waals surface area contributed by atoms with Gasteiger partial charge >= 0.3 is 0 Å². The molecule has 0 aliphatic carbocycles. The van der Waals surface area contributed by atoms with Crippen molar-refractivity contribution < 1.29 is 14.3 Å². The maximum atomic E-state index is 12.9. The molecule has 0 saturated heterocycles. The van der Waals surface area contributed by atoms with Gasteiger partial charge in [-0.25, -0.2) is 4.98 Å². The van der Waals surface area contributed by atoms with Gasteiger partial charge in [0.05, 0.1) is 23.0 Å². The molecule has 0 bridgehead atoms. The van der Waals surface area contributed by atoms with Crippen LogP contribution in [0, 0.1) is 0 Å². The second kappa shape index (κ2) is 11.9. The van der Waals surface area contributed by atoms with Gasteiger partial charge in [0.2, 0.25) is 5.91 Å². The minimum absolute atomic E-state index is 0.0790. The second-order valence-corrected chi connectivity index (χ2v) is 8.27. The molecule has 0 radical (unpaired) electrons. The highest BCUT2D eigenvalue weighted by molar-refractivity contribution is 6.05. The van der Waals surface area contributed by atoms with E-state index in [9.17, 15) is 9.59 Å². The van der Waals surface area contributed by atoms with Gasteiger partial charge in [0, 0.05) is 38.2 Å². The average Bonchev–Trinajstić information content (AvgIpc) is 3.30. The third-order valence-corrected chi connectivity index (χ3v) is 5.66. The van der Waals surface area contributed by atoms with E-state index in [1.807, 2.05) is 41.1 Å². The summed E-state index contributed by atoms with van der Waals surface area (Å²) in [4.78, 5) is 33.8. The molecule has 2 aromatic heterocycles. The van der Waals surface area contributed by atoms with Gasteiger partial charge in [0.25, 0.3) is 5.91 Å². The SMILES string of the molecule is COCC(=O)Nc1cc(C(=O)NCCCc2cccnc2)cc2ncn(CCc3ccccc3)c12. The van der Waals surface area contributed by atoms with Crippen LogP contribution in [0.15, 0.2) is 73.3 Å². The Balaban J connectivity index is 1.50. The molecule has 0 spiro atoms. The number of carbonyl (C=O) groups excluding carboxylic acids is 2. The number of nitrogens with zero attached hydrogens (tertiary/aromatic N) is 3. The number of pyridine rings is 1. The zero-order valence-corrected chi connectivity index (χ0v) is 19.7. The first-order valence-electron chi connectivity index (χ1n) is 11.6. The van der Waals surface area contributed by atoms with E-state index in [4.69, 9.17) is 4.74 Å². The monoisotopic (exact) mass is 471 g/mol. The molecule has 0 fully saturated rings. The molecule has 0 unspecified atom stereocenters. The van der Waals surface area contributed by atoms with Crippen LogP contribution in [-0.2, 0) is 28.9 Å². The van der Waals surface area contributed by atoms with Crippen molar-refractivity contribution in [1.29, 1.82) is 0 Å². The summed E-state index contributed by atoms with van der Waals surface area (Å²) in [5.41, 5.74) is 4.75. The maximum absolute atomic E-state index is 12.9. The molecule has 8 heteroatoms. The lowest BCUT2D eigenvalue weighted by Gasteiger charge is -2.13. The molecule has 0 aliphatic heterocycles. The van der Waals surface area contributed by atoms with Gasteiger partial charge in [-0.15, -0.1) is 0 Å². The lowest BCUT2D eigenvalue weighted by molar-refractivity contribution is -0.119. The summed E-state index contributed by atoms with van der Waals surface area (Å²) in [6.07, 6.45) is 7.76. The number of hydrogen-bond acceptors (Lipinski definition) is 5. The third-order valence-electron chi connectivity index (χ3n) is 5.66. The molecule has 4 aromatic rings. The first-order chi connectivity index (χ1) is 17.1. The van der Waals surface area contributed by atoms with Crippen molar-refractivity contribution in [2.45, 2.75) is 25.8 Å². The number of anilines is 1. The Morgan fingerprint density at radius 3 is 2.63 bits per heavy atom. The van der Waals surface area contributed by atoms with Crippen LogP contribution in [0.4, 0.5) is 5.69 Å². The summed E-state index contributed by atoms with van der Waals surface area (Å²) in [6, 6.07) is 17.6. The minimum atomic E-state index is -0.293. The Hall–Kier alpha value is -4.04. The van der Waals surface area contributed by atoms with Crippen LogP contribution in [0.2, 0.25) is 0 Å². The normalized spacial score (nSPS) is 10.9. The van der Waals surface area contributed by atoms with E-state index in [1.165, 1.54) is 12.7 Å². The molecule has 180 valence electrons. The number of imidazole rings is 1. The van der Waals surface area contributed by atoms with Crippen LogP contribution in [0.3, 0.4) is 0 Å². The largest absolute Gasteiger partial charge is 0.375 e. The Kier molecular flexibility index (Phi) is 8.19. The van der Waals surface area contributed by atoms with Crippen LogP contribution in [-0.4, -0.2) is 46.6 Å². The first-order valence-corrected chi connectivity index (χ1v) is 11.6. The topological polar surface area (TPSA) is 98.1 Å². The maximum Gasteiger partial charge on any atom is 0.251 e. The molecule has 2 N–H and O–H groups in total. The number of carbonyl (C=O) groups is 2. The summed E-state index contributed by atoms with van der Waals surface area (Å²) >= 11 is 0. The summed E-state index contributed by atoms with van der Waals surface area (Å²) in [5.74, 6) is -0.502. The fourth-order valence-corrected chi connectivity index (χ4v) is 3.96. The van der Waals surface area contributed by atoms with Crippen LogP contribution < -0.4 is 10.6 Å². The first kappa shape index (κ1) is 24.1. The number of nitrogens with one attached hydrogen (secondary N) is 2. The van der Waals surface area contributed by atoms with Crippen molar-refractivity contribution >= 4 is 28.5 Å². The molecule has 35 heavy (non-hydrogen) atoms. The summed E-state index contributed by atoms with van der Waals surface area (Å²) in [7, 11) is 1.47. The molecule has 0 saturated carbocycles. The lowest BCUT2D eigenvalue weighted by Crippen LogP contribution is -2.25. The van der Waals surface area contributed by atoms with Gasteiger partial charge < -0.3 is 19.9 Å². The Labute approximate surface area is 204 Å². The standard InChI is InChI=1S/C27H29N5O3/c1-35-18-25(33)31-24-16-22(27(34)29-13-6-10-21-9-5-12-28-17-21)15-23-26(24)32(19-30-23)14-11-20-7-3-2-4-8-20/h2-5,7-9,12,15-17,19H,6,10-11,13-14,18H2,1H3,(H,29,34)(H,31,33). The zero-order valence-electron chi connectivity index (χ0n) is 19.7. The number of methoxy groups -OCH3 is 1. The predicted octanol–water partition coefficient (Wildman–Crippen LogP) is 3.62. The number of benzene rings is 2. The lowest BCUT2D eigenvalue weighted by atomic mass is 10.1. The molecule has 2 heterocycles. The van der Waals surface area contributed by atoms with Crippen molar-refractivity contribution in [3.8, 4) is 0 Å². The summed E-state index contributed by atoms with van der Waals surface area (Å²) in [6.45, 7) is 1.14. The average molecular weight is 472 g/mol. The van der Waals surface area contributed by atoms with Crippen LogP contribution in [0.5, 0.6) is 0 Å². The predicted molar refractivity (Wildman–Crippen MR) is 135 cm³/mol. The number of fused-ring (bicyclic) bond motifs is 1. The van der Waals surface area contributed by atoms with E-state index in [-0.39, 0.29) is 18.4 Å². The van der Waals surface area contributed by atoms with Crippen molar-refractivity contribution in [1.82, 2.24) is 19.9 Å². The minimum Gasteiger partial charge on any atom is -0.375 e. The second-order valence-electron chi connectivity index (χ2n) is 8.27. The van der Waals surface area contributed by atoms with Gasteiger partial charge in [-0.3, -0.25) is 14.6 Å². The zero-order chi connectivity index (χ0) is 24.5. The van der Waals surface area contributed by atoms with E-state index >= 15 is 0 Å². The number of ether oxygens (including phenoxy) is 1. The van der Waals surface area contributed by atoms with Crippen molar-refractivity contribution in [3.05, 3.63) is 90.0 Å². The molecule has 8 nitrogen and oxygen atoms in total. The van der Waals surface area contributed by atoms with E-state index in [0.717, 1.165) is 30.3 Å². The van der Waals surface area contributed by atoms with E-state index < -0.39 is 0 Å². The molecule has 0 atom stereocenters. The number of amides is 2. The smallest absolute Gasteiger partial charge is 0.251 e. The van der Waals surface area contributed by atoms with Crippen molar-refractivity contribution in [3.63, 3.8) is 0 Å². The van der Waals surface area contributed by atoms with Gasteiger partial charge in [-0.05, 0) is 48.6 Å². The number of rotatable bonds is 11. The highest BCUT2D eigenvalue weighted by Crippen LogP contribution is 2.26. The number of hydrogen-bond donors (Lipinski definition) is 2. The highest BCUT2D eigenvalue weighted by Gasteiger charge is 2.16. The Morgan fingerprint density at radius 1 is 1.03 bits per heavy atom. The quantitative estimate of drug-likeness (QED) is 0.326. The summed E-state index contributed by atoms with van der Waals surface area (Å²) in [5, 5.41) is 5.84. The third kappa shape index (κ3) is 6.51. The highest BCUT2D eigenvalue weighted by atomic mass is 16.5. The number of aryl methyl sites for hydroxylation is 3. The Morgan fingerprint density at radius 2 is 1.86 bits per heavy atom.